The van der Waals surface area contributed by atoms with Gasteiger partial charge < -0.3 is 15.1 Å². The lowest BCUT2D eigenvalue weighted by molar-refractivity contribution is 0.112. The van der Waals surface area contributed by atoms with E-state index in [0.29, 0.717) is 0 Å². The molecule has 2 aliphatic heterocycles. The summed E-state index contributed by atoms with van der Waals surface area (Å²) in [5.41, 5.74) is 0. The molecule has 3 nitrogen and oxygen atoms in total. The van der Waals surface area contributed by atoms with Crippen molar-refractivity contribution in [3.63, 3.8) is 0 Å². The lowest BCUT2D eigenvalue weighted by Crippen LogP contribution is -2.45. The number of nitrogens with one attached hydrogen (secondary N) is 1. The second-order valence-electron chi connectivity index (χ2n) is 5.80. The molecule has 0 aliphatic carbocycles. The second-order valence-corrected chi connectivity index (χ2v) is 5.80. The Morgan fingerprint density at radius 3 is 2.35 bits per heavy atom. The fourth-order valence-corrected chi connectivity index (χ4v) is 3.30. The average Bonchev–Trinajstić information content (AvgIpc) is 2.40. The molecule has 0 bridgehead atoms. The van der Waals surface area contributed by atoms with Gasteiger partial charge in [-0.05, 0) is 71.4 Å². The van der Waals surface area contributed by atoms with Crippen molar-refractivity contribution in [1.29, 1.82) is 0 Å². The zero-order valence-corrected chi connectivity index (χ0v) is 11.6. The van der Waals surface area contributed by atoms with Crippen LogP contribution < -0.4 is 5.32 Å². The average molecular weight is 239 g/mol. The van der Waals surface area contributed by atoms with Gasteiger partial charge in [-0.25, -0.2) is 0 Å². The molecule has 2 saturated heterocycles. The summed E-state index contributed by atoms with van der Waals surface area (Å²) in [6.45, 7) is 9.89. The standard InChI is InChI=1S/C14H29N3/c1-3-17-10-6-14(7-11-17)16(2)12-13-4-8-15-9-5-13/h13-15H,3-12H2,1-2H3. The van der Waals surface area contributed by atoms with Crippen LogP contribution in [-0.4, -0.2) is 62.2 Å². The largest absolute Gasteiger partial charge is 0.317 e. The first-order chi connectivity index (χ1) is 8.29. The molecule has 2 rings (SSSR count). The molecule has 100 valence electrons. The highest BCUT2D eigenvalue weighted by Gasteiger charge is 2.24. The van der Waals surface area contributed by atoms with Crippen LogP contribution in [0, 0.1) is 5.92 Å². The lowest BCUT2D eigenvalue weighted by atomic mass is 9.95. The summed E-state index contributed by atoms with van der Waals surface area (Å²) in [5, 5.41) is 3.46. The van der Waals surface area contributed by atoms with E-state index in [0.717, 1.165) is 12.0 Å². The van der Waals surface area contributed by atoms with E-state index in [4.69, 9.17) is 0 Å². The molecular weight excluding hydrogens is 210 g/mol. The highest BCUT2D eigenvalue weighted by atomic mass is 15.2. The molecule has 0 aromatic heterocycles. The fraction of sp³-hybridized carbons (Fsp3) is 1.00. The molecule has 0 amide bonds. The normalized spacial score (nSPS) is 25.6. The van der Waals surface area contributed by atoms with Crippen molar-refractivity contribution in [2.75, 3.05) is 46.3 Å². The van der Waals surface area contributed by atoms with E-state index in [9.17, 15) is 0 Å². The van der Waals surface area contributed by atoms with Gasteiger partial charge in [-0.1, -0.05) is 6.92 Å². The quantitative estimate of drug-likeness (QED) is 0.800. The first kappa shape index (κ1) is 13.3. The van der Waals surface area contributed by atoms with Crippen molar-refractivity contribution >= 4 is 0 Å². The molecule has 0 aromatic carbocycles. The number of nitrogens with zero attached hydrogens (tertiary/aromatic N) is 2. The topological polar surface area (TPSA) is 18.5 Å². The summed E-state index contributed by atoms with van der Waals surface area (Å²) in [7, 11) is 2.34. The van der Waals surface area contributed by atoms with Gasteiger partial charge >= 0.3 is 0 Å². The summed E-state index contributed by atoms with van der Waals surface area (Å²) in [6, 6.07) is 0.840. The van der Waals surface area contributed by atoms with Crippen LogP contribution in [0.1, 0.15) is 32.6 Å². The minimum atomic E-state index is 0.840. The van der Waals surface area contributed by atoms with Gasteiger partial charge in [0, 0.05) is 12.6 Å². The molecule has 0 saturated carbocycles. The smallest absolute Gasteiger partial charge is 0.0117 e. The monoisotopic (exact) mass is 239 g/mol. The maximum Gasteiger partial charge on any atom is 0.0117 e. The van der Waals surface area contributed by atoms with Crippen LogP contribution in [0.2, 0.25) is 0 Å². The second kappa shape index (κ2) is 6.72. The Labute approximate surface area is 107 Å². The number of likely N-dealkylation sites (tertiary alicyclic amines) is 1. The van der Waals surface area contributed by atoms with Gasteiger partial charge in [0.05, 0.1) is 0 Å². The van der Waals surface area contributed by atoms with E-state index < -0.39 is 0 Å². The van der Waals surface area contributed by atoms with E-state index in [1.807, 2.05) is 0 Å². The van der Waals surface area contributed by atoms with Crippen molar-refractivity contribution in [2.45, 2.75) is 38.6 Å². The minimum absolute atomic E-state index is 0.840. The van der Waals surface area contributed by atoms with E-state index in [1.54, 1.807) is 0 Å². The Hall–Kier alpha value is -0.120. The molecule has 1 N–H and O–H groups in total. The number of piperidine rings is 2. The molecule has 0 unspecified atom stereocenters. The van der Waals surface area contributed by atoms with Gasteiger partial charge in [0.25, 0.3) is 0 Å². The summed E-state index contributed by atoms with van der Waals surface area (Å²) in [6.07, 6.45) is 5.49. The zero-order valence-electron chi connectivity index (χ0n) is 11.6. The molecule has 2 heterocycles. The number of hydrogen-bond acceptors (Lipinski definition) is 3. The Kier molecular flexibility index (Phi) is 5.26. The van der Waals surface area contributed by atoms with Gasteiger partial charge in [-0.3, -0.25) is 0 Å². The van der Waals surface area contributed by atoms with Crippen molar-refractivity contribution in [3.05, 3.63) is 0 Å². The third kappa shape index (κ3) is 3.94. The Morgan fingerprint density at radius 1 is 1.12 bits per heavy atom. The maximum absolute atomic E-state index is 3.46. The summed E-state index contributed by atoms with van der Waals surface area (Å²) in [5.74, 6) is 0.936. The predicted molar refractivity (Wildman–Crippen MR) is 73.4 cm³/mol. The van der Waals surface area contributed by atoms with Gasteiger partial charge in [-0.2, -0.15) is 0 Å². The molecule has 0 radical (unpaired) electrons. The minimum Gasteiger partial charge on any atom is -0.317 e. The zero-order chi connectivity index (χ0) is 12.1. The molecule has 0 atom stereocenters. The van der Waals surface area contributed by atoms with Crippen molar-refractivity contribution in [1.82, 2.24) is 15.1 Å². The van der Waals surface area contributed by atoms with Gasteiger partial charge in [0.2, 0.25) is 0 Å². The van der Waals surface area contributed by atoms with E-state index in [-0.39, 0.29) is 0 Å². The predicted octanol–water partition coefficient (Wildman–Crippen LogP) is 1.40. The van der Waals surface area contributed by atoms with Gasteiger partial charge in [0.1, 0.15) is 0 Å². The van der Waals surface area contributed by atoms with Gasteiger partial charge in [-0.15, -0.1) is 0 Å². The summed E-state index contributed by atoms with van der Waals surface area (Å²) < 4.78 is 0. The van der Waals surface area contributed by atoms with Crippen LogP contribution in [0.4, 0.5) is 0 Å². The summed E-state index contributed by atoms with van der Waals surface area (Å²) >= 11 is 0. The van der Waals surface area contributed by atoms with Crippen LogP contribution >= 0.6 is 0 Å². The molecular formula is C14H29N3. The molecule has 17 heavy (non-hydrogen) atoms. The van der Waals surface area contributed by atoms with Crippen molar-refractivity contribution < 1.29 is 0 Å². The Balaban J connectivity index is 1.70. The fourth-order valence-electron chi connectivity index (χ4n) is 3.30. The SMILES string of the molecule is CCN1CCC(N(C)CC2CCNCC2)CC1. The van der Waals surface area contributed by atoms with Crippen LogP contribution in [-0.2, 0) is 0 Å². The van der Waals surface area contributed by atoms with E-state index in [1.165, 1.54) is 65.0 Å². The van der Waals surface area contributed by atoms with Crippen molar-refractivity contribution in [2.24, 2.45) is 5.92 Å². The highest BCUT2D eigenvalue weighted by molar-refractivity contribution is 4.80. The maximum atomic E-state index is 3.46. The molecule has 2 aliphatic rings. The van der Waals surface area contributed by atoms with Crippen LogP contribution in [0.15, 0.2) is 0 Å². The summed E-state index contributed by atoms with van der Waals surface area (Å²) in [4.78, 5) is 5.22. The Bertz CT molecular complexity index is 206. The molecule has 3 heteroatoms. The van der Waals surface area contributed by atoms with Crippen LogP contribution in [0.25, 0.3) is 0 Å². The van der Waals surface area contributed by atoms with E-state index >= 15 is 0 Å². The van der Waals surface area contributed by atoms with Crippen LogP contribution in [0.3, 0.4) is 0 Å². The third-order valence-corrected chi connectivity index (χ3v) is 4.63. The molecule has 0 spiro atoms. The molecule has 2 fully saturated rings. The lowest BCUT2D eigenvalue weighted by Gasteiger charge is -2.38. The number of hydrogen-bond donors (Lipinski definition) is 1. The van der Waals surface area contributed by atoms with Gasteiger partial charge in [0.15, 0.2) is 0 Å². The molecule has 0 aromatic rings. The van der Waals surface area contributed by atoms with Crippen LogP contribution in [0.5, 0.6) is 0 Å². The highest BCUT2D eigenvalue weighted by Crippen LogP contribution is 2.19. The van der Waals surface area contributed by atoms with Crippen molar-refractivity contribution in [3.8, 4) is 0 Å². The van der Waals surface area contributed by atoms with E-state index in [2.05, 4.69) is 29.1 Å². The first-order valence-corrected chi connectivity index (χ1v) is 7.43. The first-order valence-electron chi connectivity index (χ1n) is 7.43. The third-order valence-electron chi connectivity index (χ3n) is 4.63. The number of rotatable bonds is 4. The Morgan fingerprint density at radius 2 is 1.76 bits per heavy atom.